The Morgan fingerprint density at radius 1 is 1.67 bits per heavy atom. The molecule has 0 atom stereocenters. The van der Waals surface area contributed by atoms with Crippen LogP contribution in [0.15, 0.2) is 11.2 Å². The SMILES string of the molecule is COC(=O)c1cc(C)c(/C(N)=N\O)n1C. The number of ether oxygens (including phenoxy) is 1. The molecule has 1 rings (SSSR count). The number of carbonyl (C=O) groups excluding carboxylic acids is 1. The van der Waals surface area contributed by atoms with Gasteiger partial charge in [-0.15, -0.1) is 0 Å². The molecule has 0 aliphatic heterocycles. The molecule has 1 aromatic heterocycles. The Morgan fingerprint density at radius 3 is 2.73 bits per heavy atom. The van der Waals surface area contributed by atoms with Gasteiger partial charge in [0.1, 0.15) is 5.69 Å². The fourth-order valence-corrected chi connectivity index (χ4v) is 1.48. The summed E-state index contributed by atoms with van der Waals surface area (Å²) < 4.78 is 6.12. The third-order valence-electron chi connectivity index (χ3n) is 2.17. The lowest BCUT2D eigenvalue weighted by Crippen LogP contribution is -2.20. The zero-order chi connectivity index (χ0) is 11.6. The molecule has 0 aliphatic rings. The Kier molecular flexibility index (Phi) is 2.99. The molecule has 15 heavy (non-hydrogen) atoms. The molecule has 0 unspecified atom stereocenters. The third-order valence-corrected chi connectivity index (χ3v) is 2.17. The summed E-state index contributed by atoms with van der Waals surface area (Å²) in [7, 11) is 2.94. The summed E-state index contributed by atoms with van der Waals surface area (Å²) in [5.41, 5.74) is 7.08. The number of hydrogen-bond donors (Lipinski definition) is 2. The van der Waals surface area contributed by atoms with Crippen molar-refractivity contribution < 1.29 is 14.7 Å². The molecule has 0 aliphatic carbocycles. The number of aromatic nitrogens is 1. The molecule has 0 spiro atoms. The molecule has 0 saturated heterocycles. The summed E-state index contributed by atoms with van der Waals surface area (Å²) in [6.45, 7) is 1.76. The summed E-state index contributed by atoms with van der Waals surface area (Å²) >= 11 is 0. The zero-order valence-electron chi connectivity index (χ0n) is 8.81. The van der Waals surface area contributed by atoms with Crippen LogP contribution in [0.5, 0.6) is 0 Å². The fourth-order valence-electron chi connectivity index (χ4n) is 1.48. The number of aryl methyl sites for hydroxylation is 1. The minimum absolute atomic E-state index is 0.0369. The van der Waals surface area contributed by atoms with E-state index in [2.05, 4.69) is 9.89 Å². The van der Waals surface area contributed by atoms with Gasteiger partial charge in [-0.1, -0.05) is 5.16 Å². The molecule has 0 fully saturated rings. The van der Waals surface area contributed by atoms with Crippen molar-refractivity contribution in [3.8, 4) is 0 Å². The highest BCUT2D eigenvalue weighted by Gasteiger charge is 2.18. The molecule has 6 heteroatoms. The smallest absolute Gasteiger partial charge is 0.354 e. The molecule has 0 amide bonds. The van der Waals surface area contributed by atoms with Crippen LogP contribution in [0.1, 0.15) is 21.7 Å². The van der Waals surface area contributed by atoms with E-state index in [9.17, 15) is 4.79 Å². The molecule has 0 bridgehead atoms. The van der Waals surface area contributed by atoms with Gasteiger partial charge in [-0.05, 0) is 18.6 Å². The first-order chi connectivity index (χ1) is 7.02. The molecule has 0 saturated carbocycles. The number of methoxy groups -OCH3 is 1. The van der Waals surface area contributed by atoms with Crippen molar-refractivity contribution in [3.05, 3.63) is 23.0 Å². The number of rotatable bonds is 2. The van der Waals surface area contributed by atoms with Crippen LogP contribution in [0.25, 0.3) is 0 Å². The maximum atomic E-state index is 11.3. The third kappa shape index (κ3) is 1.78. The Labute approximate surface area is 86.9 Å². The first-order valence-electron chi connectivity index (χ1n) is 4.25. The molecular weight excluding hydrogens is 198 g/mol. The van der Waals surface area contributed by atoms with E-state index in [0.29, 0.717) is 11.4 Å². The van der Waals surface area contributed by atoms with Crippen molar-refractivity contribution >= 4 is 11.8 Å². The number of hydrogen-bond acceptors (Lipinski definition) is 4. The van der Waals surface area contributed by atoms with E-state index < -0.39 is 5.97 Å². The summed E-state index contributed by atoms with van der Waals surface area (Å²) in [6.07, 6.45) is 0. The summed E-state index contributed by atoms with van der Waals surface area (Å²) in [6, 6.07) is 1.62. The first-order valence-corrected chi connectivity index (χ1v) is 4.25. The average molecular weight is 211 g/mol. The van der Waals surface area contributed by atoms with Crippen molar-refractivity contribution in [1.29, 1.82) is 0 Å². The second-order valence-electron chi connectivity index (χ2n) is 3.10. The van der Waals surface area contributed by atoms with E-state index >= 15 is 0 Å². The Hall–Kier alpha value is -1.98. The largest absolute Gasteiger partial charge is 0.464 e. The lowest BCUT2D eigenvalue weighted by atomic mass is 10.2. The van der Waals surface area contributed by atoms with E-state index in [0.717, 1.165) is 5.56 Å². The minimum atomic E-state index is -0.461. The van der Waals surface area contributed by atoms with Crippen LogP contribution < -0.4 is 5.73 Å². The van der Waals surface area contributed by atoms with Gasteiger partial charge in [0.15, 0.2) is 5.84 Å². The van der Waals surface area contributed by atoms with Crippen molar-refractivity contribution in [2.24, 2.45) is 17.9 Å². The maximum absolute atomic E-state index is 11.3. The van der Waals surface area contributed by atoms with Crippen molar-refractivity contribution in [2.75, 3.05) is 7.11 Å². The molecule has 1 aromatic rings. The number of oxime groups is 1. The van der Waals surface area contributed by atoms with Gasteiger partial charge in [-0.2, -0.15) is 0 Å². The number of amidine groups is 1. The molecule has 3 N–H and O–H groups in total. The zero-order valence-corrected chi connectivity index (χ0v) is 8.81. The van der Waals surface area contributed by atoms with Gasteiger partial charge in [0.05, 0.1) is 12.8 Å². The second kappa shape index (κ2) is 4.04. The Bertz CT molecular complexity index is 420. The summed E-state index contributed by atoms with van der Waals surface area (Å²) in [5, 5.41) is 11.5. The molecule has 0 radical (unpaired) electrons. The van der Waals surface area contributed by atoms with Crippen molar-refractivity contribution in [2.45, 2.75) is 6.92 Å². The van der Waals surface area contributed by atoms with E-state index in [1.807, 2.05) is 0 Å². The lowest BCUT2D eigenvalue weighted by Gasteiger charge is -2.05. The van der Waals surface area contributed by atoms with Gasteiger partial charge in [-0.3, -0.25) is 0 Å². The monoisotopic (exact) mass is 211 g/mol. The normalized spacial score (nSPS) is 11.5. The first kappa shape index (κ1) is 11.1. The Balaban J connectivity index is 3.33. The molecule has 1 heterocycles. The van der Waals surface area contributed by atoms with Crippen LogP contribution in [0, 0.1) is 6.92 Å². The fraction of sp³-hybridized carbons (Fsp3) is 0.333. The van der Waals surface area contributed by atoms with Gasteiger partial charge >= 0.3 is 5.97 Å². The van der Waals surface area contributed by atoms with Crippen LogP contribution in [-0.2, 0) is 11.8 Å². The van der Waals surface area contributed by atoms with Crippen LogP contribution in [0.4, 0.5) is 0 Å². The minimum Gasteiger partial charge on any atom is -0.464 e. The topological polar surface area (TPSA) is 89.8 Å². The van der Waals surface area contributed by atoms with Gasteiger partial charge in [-0.25, -0.2) is 4.79 Å². The predicted molar refractivity (Wildman–Crippen MR) is 54.0 cm³/mol. The Morgan fingerprint density at radius 2 is 2.27 bits per heavy atom. The number of esters is 1. The van der Waals surface area contributed by atoms with E-state index in [4.69, 9.17) is 10.9 Å². The lowest BCUT2D eigenvalue weighted by molar-refractivity contribution is 0.0590. The van der Waals surface area contributed by atoms with Crippen molar-refractivity contribution in [3.63, 3.8) is 0 Å². The molecule has 6 nitrogen and oxygen atoms in total. The van der Waals surface area contributed by atoms with E-state index in [1.54, 1.807) is 20.0 Å². The number of carbonyl (C=O) groups is 1. The van der Waals surface area contributed by atoms with E-state index in [1.165, 1.54) is 11.7 Å². The molecule has 0 aromatic carbocycles. The van der Waals surface area contributed by atoms with Crippen molar-refractivity contribution in [1.82, 2.24) is 4.57 Å². The quantitative estimate of drug-likeness (QED) is 0.240. The van der Waals surface area contributed by atoms with Gasteiger partial charge in [0.2, 0.25) is 0 Å². The van der Waals surface area contributed by atoms with Gasteiger partial charge < -0.3 is 20.2 Å². The second-order valence-corrected chi connectivity index (χ2v) is 3.10. The predicted octanol–water partition coefficient (Wildman–Crippen LogP) is 0.215. The number of nitrogens with zero attached hydrogens (tertiary/aromatic N) is 2. The van der Waals surface area contributed by atoms with Crippen LogP contribution >= 0.6 is 0 Å². The highest BCUT2D eigenvalue weighted by Crippen LogP contribution is 2.14. The standard InChI is InChI=1S/C9H13N3O3/c1-5-4-6(9(13)15-3)12(2)7(5)8(10)11-14/h4,14H,1-3H3,(H2,10,11). The van der Waals surface area contributed by atoms with E-state index in [-0.39, 0.29) is 5.84 Å². The van der Waals surface area contributed by atoms with Crippen LogP contribution in [-0.4, -0.2) is 28.7 Å². The van der Waals surface area contributed by atoms with Gasteiger partial charge in [0, 0.05) is 7.05 Å². The summed E-state index contributed by atoms with van der Waals surface area (Å²) in [4.78, 5) is 11.3. The molecule has 82 valence electrons. The maximum Gasteiger partial charge on any atom is 0.354 e. The van der Waals surface area contributed by atoms with Gasteiger partial charge in [0.25, 0.3) is 0 Å². The highest BCUT2D eigenvalue weighted by molar-refractivity contribution is 5.99. The number of nitrogens with two attached hydrogens (primary N) is 1. The molecular formula is C9H13N3O3. The highest BCUT2D eigenvalue weighted by atomic mass is 16.5. The van der Waals surface area contributed by atoms with Crippen LogP contribution in [0.2, 0.25) is 0 Å². The summed E-state index contributed by atoms with van der Waals surface area (Å²) in [5.74, 6) is -0.497. The average Bonchev–Trinajstić information content (AvgIpc) is 2.52. The van der Waals surface area contributed by atoms with Crippen LogP contribution in [0.3, 0.4) is 0 Å².